The molecular formula is C18H16N2O4. The topological polar surface area (TPSA) is 91.6 Å². The summed E-state index contributed by atoms with van der Waals surface area (Å²) < 4.78 is 2.02. The molecule has 0 radical (unpaired) electrons. The van der Waals surface area contributed by atoms with Gasteiger partial charge in [0.05, 0.1) is 23.3 Å². The largest absolute Gasteiger partial charge is 0.396 e. The first-order valence-electron chi connectivity index (χ1n) is 7.81. The van der Waals surface area contributed by atoms with E-state index in [-0.39, 0.29) is 18.8 Å². The molecule has 2 aromatic carbocycles. The van der Waals surface area contributed by atoms with Crippen LogP contribution in [0.4, 0.5) is 0 Å². The van der Waals surface area contributed by atoms with Crippen molar-refractivity contribution >= 4 is 33.6 Å². The number of fused-ring (bicyclic) bond motifs is 5. The van der Waals surface area contributed by atoms with E-state index < -0.39 is 11.8 Å². The van der Waals surface area contributed by atoms with Crippen LogP contribution < -0.4 is 5.32 Å². The number of hydrogen-bond acceptors (Lipinski definition) is 4. The zero-order valence-electron chi connectivity index (χ0n) is 12.9. The van der Waals surface area contributed by atoms with Crippen molar-refractivity contribution in [1.82, 2.24) is 9.88 Å². The van der Waals surface area contributed by atoms with Crippen LogP contribution in [0.2, 0.25) is 0 Å². The number of hydrogen-bond donors (Lipinski definition) is 3. The highest BCUT2D eigenvalue weighted by Gasteiger charge is 2.33. The Hall–Kier alpha value is -2.70. The lowest BCUT2D eigenvalue weighted by Crippen LogP contribution is -2.20. The van der Waals surface area contributed by atoms with Crippen LogP contribution in [0.15, 0.2) is 30.3 Å². The van der Waals surface area contributed by atoms with E-state index >= 15 is 0 Å². The van der Waals surface area contributed by atoms with Crippen LogP contribution >= 0.6 is 0 Å². The number of carbonyl (C=O) groups excluding carboxylic acids is 2. The summed E-state index contributed by atoms with van der Waals surface area (Å²) in [6.45, 7) is 0.324. The molecule has 6 heteroatoms. The van der Waals surface area contributed by atoms with E-state index in [1.807, 2.05) is 28.8 Å². The van der Waals surface area contributed by atoms with Crippen molar-refractivity contribution in [3.63, 3.8) is 0 Å². The van der Waals surface area contributed by atoms with Crippen LogP contribution in [-0.4, -0.2) is 33.2 Å². The maximum absolute atomic E-state index is 12.4. The first-order valence-corrected chi connectivity index (χ1v) is 7.81. The molecule has 0 atom stereocenters. The molecule has 0 saturated carbocycles. The molecule has 3 aromatic rings. The van der Waals surface area contributed by atoms with Crippen LogP contribution in [0.5, 0.6) is 0 Å². The fraction of sp³-hybridized carbons (Fsp3) is 0.222. The Morgan fingerprint density at radius 3 is 2.50 bits per heavy atom. The summed E-state index contributed by atoms with van der Waals surface area (Å²) >= 11 is 0. The summed E-state index contributed by atoms with van der Waals surface area (Å²) in [6, 6.07) is 9.44. The third kappa shape index (κ3) is 1.90. The Labute approximate surface area is 137 Å². The van der Waals surface area contributed by atoms with Gasteiger partial charge >= 0.3 is 0 Å². The van der Waals surface area contributed by atoms with Crippen molar-refractivity contribution in [3.8, 4) is 0 Å². The Balaban J connectivity index is 2.19. The number of rotatable bonds is 4. The Morgan fingerprint density at radius 1 is 1.00 bits per heavy atom. The molecule has 0 saturated heterocycles. The molecule has 6 nitrogen and oxygen atoms in total. The number of para-hydroxylation sites is 1. The zero-order chi connectivity index (χ0) is 16.8. The second-order valence-electron chi connectivity index (χ2n) is 5.87. The van der Waals surface area contributed by atoms with E-state index in [0.717, 1.165) is 21.8 Å². The van der Waals surface area contributed by atoms with E-state index in [1.165, 1.54) is 0 Å². The van der Waals surface area contributed by atoms with Crippen molar-refractivity contribution in [2.45, 2.75) is 19.6 Å². The van der Waals surface area contributed by atoms with Crippen LogP contribution in [0.25, 0.3) is 21.8 Å². The minimum atomic E-state index is -0.465. The third-order valence-electron chi connectivity index (χ3n) is 4.53. The Kier molecular flexibility index (Phi) is 3.37. The normalized spacial score (nSPS) is 13.8. The number of nitrogens with one attached hydrogen (secondary N) is 1. The predicted molar refractivity (Wildman–Crippen MR) is 88.9 cm³/mol. The third-order valence-corrected chi connectivity index (χ3v) is 4.53. The molecule has 24 heavy (non-hydrogen) atoms. The summed E-state index contributed by atoms with van der Waals surface area (Å²) in [5.74, 6) is -0.895. The van der Waals surface area contributed by atoms with Crippen LogP contribution in [0.3, 0.4) is 0 Å². The number of aliphatic hydroxyl groups is 2. The molecule has 0 spiro atoms. The second kappa shape index (κ2) is 5.43. The summed E-state index contributed by atoms with van der Waals surface area (Å²) in [4.78, 5) is 24.5. The number of carbonyl (C=O) groups is 2. The molecule has 4 rings (SSSR count). The van der Waals surface area contributed by atoms with Crippen molar-refractivity contribution in [1.29, 1.82) is 0 Å². The molecule has 1 aliphatic rings. The van der Waals surface area contributed by atoms with E-state index in [0.29, 0.717) is 24.1 Å². The molecule has 0 aliphatic carbocycles. The number of amides is 2. The average molecular weight is 324 g/mol. The Bertz CT molecular complexity index is 1000. The lowest BCUT2D eigenvalue weighted by atomic mass is 9.97. The van der Waals surface area contributed by atoms with E-state index in [9.17, 15) is 19.8 Å². The first-order chi connectivity index (χ1) is 11.7. The molecule has 2 amide bonds. The second-order valence-corrected chi connectivity index (χ2v) is 5.87. The molecule has 0 unspecified atom stereocenters. The van der Waals surface area contributed by atoms with Crippen LogP contribution in [0, 0.1) is 0 Å². The minimum absolute atomic E-state index is 0.0603. The first kappa shape index (κ1) is 14.9. The molecule has 3 N–H and O–H groups in total. The van der Waals surface area contributed by atoms with Gasteiger partial charge in [-0.2, -0.15) is 0 Å². The van der Waals surface area contributed by atoms with Gasteiger partial charge in [-0.05, 0) is 24.1 Å². The highest BCUT2D eigenvalue weighted by Crippen LogP contribution is 2.37. The van der Waals surface area contributed by atoms with E-state index in [1.54, 1.807) is 6.07 Å². The van der Waals surface area contributed by atoms with Gasteiger partial charge in [-0.25, -0.2) is 0 Å². The number of benzene rings is 2. The fourth-order valence-corrected chi connectivity index (χ4v) is 3.57. The van der Waals surface area contributed by atoms with Gasteiger partial charge in [0.2, 0.25) is 0 Å². The monoisotopic (exact) mass is 324 g/mol. The maximum Gasteiger partial charge on any atom is 0.259 e. The van der Waals surface area contributed by atoms with Gasteiger partial charge in [0.1, 0.15) is 0 Å². The molecule has 1 aliphatic heterocycles. The molecule has 122 valence electrons. The smallest absolute Gasteiger partial charge is 0.259 e. The van der Waals surface area contributed by atoms with Gasteiger partial charge in [0, 0.05) is 29.4 Å². The van der Waals surface area contributed by atoms with E-state index in [4.69, 9.17) is 0 Å². The quantitative estimate of drug-likeness (QED) is 0.635. The lowest BCUT2D eigenvalue weighted by molar-refractivity contribution is 0.0879. The van der Waals surface area contributed by atoms with Crippen LogP contribution in [0.1, 0.15) is 32.7 Å². The average Bonchev–Trinajstić information content (AvgIpc) is 3.07. The van der Waals surface area contributed by atoms with Crippen molar-refractivity contribution < 1.29 is 19.8 Å². The molecule has 2 heterocycles. The number of aryl methyl sites for hydroxylation is 1. The number of aliphatic hydroxyl groups excluding tert-OH is 2. The highest BCUT2D eigenvalue weighted by molar-refractivity contribution is 6.30. The summed E-state index contributed by atoms with van der Waals surface area (Å²) in [5.41, 5.74) is 2.76. The number of imide groups is 1. The van der Waals surface area contributed by atoms with Crippen molar-refractivity contribution in [2.75, 3.05) is 6.61 Å². The van der Waals surface area contributed by atoms with E-state index in [2.05, 4.69) is 5.32 Å². The van der Waals surface area contributed by atoms with Crippen LogP contribution in [-0.2, 0) is 13.2 Å². The molecule has 1 aromatic heterocycles. The SMILES string of the molecule is O=C1NC(=O)c2c1c(CO)cc1c2c2ccccc2n1CCCO. The summed E-state index contributed by atoms with van der Waals surface area (Å²) in [5, 5.41) is 22.8. The van der Waals surface area contributed by atoms with Crippen molar-refractivity contribution in [3.05, 3.63) is 47.0 Å². The Morgan fingerprint density at radius 2 is 1.75 bits per heavy atom. The predicted octanol–water partition coefficient (Wildman–Crippen LogP) is 1.55. The molecule has 0 fully saturated rings. The maximum atomic E-state index is 12.4. The van der Waals surface area contributed by atoms with Gasteiger partial charge in [0.15, 0.2) is 0 Å². The molecular weight excluding hydrogens is 308 g/mol. The number of aromatic nitrogens is 1. The fourth-order valence-electron chi connectivity index (χ4n) is 3.57. The summed E-state index contributed by atoms with van der Waals surface area (Å²) in [7, 11) is 0. The van der Waals surface area contributed by atoms with Crippen molar-refractivity contribution in [2.24, 2.45) is 0 Å². The minimum Gasteiger partial charge on any atom is -0.396 e. The standard InChI is InChI=1S/C18H16N2O4/c21-7-3-6-20-12-5-2-1-4-11(12)15-13(20)8-10(9-22)14-16(15)18(24)19-17(14)23/h1-2,4-5,8,21-22H,3,6-7,9H2,(H,19,23,24). The summed E-state index contributed by atoms with van der Waals surface area (Å²) in [6.07, 6.45) is 0.574. The van der Waals surface area contributed by atoms with Gasteiger partial charge in [-0.1, -0.05) is 18.2 Å². The highest BCUT2D eigenvalue weighted by atomic mass is 16.3. The number of nitrogens with zero attached hydrogens (tertiary/aromatic N) is 1. The van der Waals surface area contributed by atoms with Gasteiger partial charge in [-0.3, -0.25) is 14.9 Å². The lowest BCUT2D eigenvalue weighted by Gasteiger charge is -2.09. The zero-order valence-corrected chi connectivity index (χ0v) is 12.9. The van der Waals surface area contributed by atoms with Gasteiger partial charge < -0.3 is 14.8 Å². The molecule has 0 bridgehead atoms. The van der Waals surface area contributed by atoms with Gasteiger partial charge in [0.25, 0.3) is 11.8 Å². The van der Waals surface area contributed by atoms with Gasteiger partial charge in [-0.15, -0.1) is 0 Å².